The summed E-state index contributed by atoms with van der Waals surface area (Å²) in [5.41, 5.74) is 2.15. The molecule has 4 nitrogen and oxygen atoms in total. The lowest BCUT2D eigenvalue weighted by molar-refractivity contribution is 0.0934. The molecule has 0 fully saturated rings. The maximum Gasteiger partial charge on any atom is 0.270 e. The van der Waals surface area contributed by atoms with Gasteiger partial charge in [-0.3, -0.25) is 4.79 Å². The highest BCUT2D eigenvalue weighted by Gasteiger charge is 2.09. The van der Waals surface area contributed by atoms with Crippen LogP contribution in [0.4, 0.5) is 11.4 Å². The third-order valence-corrected chi connectivity index (χ3v) is 3.37. The average Bonchev–Trinajstić information content (AvgIpc) is 2.50. The molecule has 0 spiro atoms. The monoisotopic (exact) mass is 303 g/mol. The third kappa shape index (κ3) is 4.46. The minimum absolute atomic E-state index is 0.145. The van der Waals surface area contributed by atoms with Gasteiger partial charge in [-0.25, -0.2) is 4.98 Å². The van der Waals surface area contributed by atoms with Gasteiger partial charge in [0.15, 0.2) is 0 Å². The Kier molecular flexibility index (Phi) is 5.17. The Bertz CT molecular complexity index is 596. The molecule has 0 saturated carbocycles. The molecule has 0 radical (unpaired) electrons. The van der Waals surface area contributed by atoms with Crippen molar-refractivity contribution in [1.82, 2.24) is 10.3 Å². The zero-order chi connectivity index (χ0) is 15.2. The molecule has 5 heteroatoms. The molecule has 1 unspecified atom stereocenters. The molecule has 1 atom stereocenters. The minimum Gasteiger partial charge on any atom is -0.354 e. The molecular formula is C16H18ClN3O. The van der Waals surface area contributed by atoms with E-state index in [1.807, 2.05) is 44.2 Å². The highest BCUT2D eigenvalue weighted by molar-refractivity contribution is 6.30. The summed E-state index contributed by atoms with van der Waals surface area (Å²) in [6, 6.07) is 11.1. The maximum absolute atomic E-state index is 11.9. The number of carbonyl (C=O) groups excluding carboxylic acids is 1. The number of aromatic nitrogens is 1. The number of pyridine rings is 1. The van der Waals surface area contributed by atoms with Gasteiger partial charge in [-0.2, -0.15) is 0 Å². The number of nitrogens with zero attached hydrogens (tertiary/aromatic N) is 1. The first kappa shape index (κ1) is 15.3. The first-order valence-corrected chi connectivity index (χ1v) is 7.25. The van der Waals surface area contributed by atoms with Crippen LogP contribution < -0.4 is 10.6 Å². The van der Waals surface area contributed by atoms with Gasteiger partial charge in [-0.1, -0.05) is 18.5 Å². The quantitative estimate of drug-likeness (QED) is 0.877. The molecule has 0 saturated heterocycles. The van der Waals surface area contributed by atoms with Crippen molar-refractivity contribution in [3.05, 3.63) is 53.3 Å². The second kappa shape index (κ2) is 7.09. The number of nitrogens with one attached hydrogen (secondary N) is 2. The number of anilines is 2. The van der Waals surface area contributed by atoms with Crippen LogP contribution in [0.1, 0.15) is 30.8 Å². The lowest BCUT2D eigenvalue weighted by Gasteiger charge is -2.11. The fourth-order valence-electron chi connectivity index (χ4n) is 1.70. The number of hydrogen-bond donors (Lipinski definition) is 2. The number of amides is 1. The van der Waals surface area contributed by atoms with Crippen molar-refractivity contribution in [2.45, 2.75) is 26.3 Å². The van der Waals surface area contributed by atoms with Gasteiger partial charge in [0.25, 0.3) is 5.91 Å². The first-order chi connectivity index (χ1) is 10.1. The molecule has 1 aromatic carbocycles. The van der Waals surface area contributed by atoms with Gasteiger partial charge >= 0.3 is 0 Å². The molecule has 0 aliphatic rings. The number of rotatable bonds is 5. The highest BCUT2D eigenvalue weighted by atomic mass is 35.5. The first-order valence-electron chi connectivity index (χ1n) is 6.88. The minimum atomic E-state index is -0.151. The summed E-state index contributed by atoms with van der Waals surface area (Å²) < 4.78 is 0. The summed E-state index contributed by atoms with van der Waals surface area (Å²) in [5, 5.41) is 6.77. The van der Waals surface area contributed by atoms with E-state index in [-0.39, 0.29) is 11.9 Å². The summed E-state index contributed by atoms with van der Waals surface area (Å²) >= 11 is 5.84. The molecule has 0 bridgehead atoms. The Hall–Kier alpha value is -2.07. The largest absolute Gasteiger partial charge is 0.354 e. The fourth-order valence-corrected chi connectivity index (χ4v) is 1.83. The second-order valence-electron chi connectivity index (χ2n) is 4.85. The molecule has 2 rings (SSSR count). The van der Waals surface area contributed by atoms with E-state index >= 15 is 0 Å². The molecule has 110 valence electrons. The van der Waals surface area contributed by atoms with Crippen molar-refractivity contribution in [2.24, 2.45) is 0 Å². The second-order valence-corrected chi connectivity index (χ2v) is 5.28. The van der Waals surface area contributed by atoms with Gasteiger partial charge in [0.1, 0.15) is 5.69 Å². The predicted molar refractivity (Wildman–Crippen MR) is 86.2 cm³/mol. The van der Waals surface area contributed by atoms with Gasteiger partial charge in [-0.05, 0) is 49.7 Å². The van der Waals surface area contributed by atoms with Gasteiger partial charge in [0.2, 0.25) is 0 Å². The van der Waals surface area contributed by atoms with E-state index in [2.05, 4.69) is 15.6 Å². The number of carbonyl (C=O) groups is 1. The Morgan fingerprint density at radius 2 is 1.86 bits per heavy atom. The van der Waals surface area contributed by atoms with E-state index < -0.39 is 0 Å². The van der Waals surface area contributed by atoms with E-state index in [1.165, 1.54) is 0 Å². The molecule has 2 aromatic rings. The van der Waals surface area contributed by atoms with Crippen molar-refractivity contribution < 1.29 is 4.79 Å². The molecule has 0 aliphatic heterocycles. The standard InChI is InChI=1S/C16H18ClN3O/c1-3-11(2)19-16(21)15-9-8-14(10-18-15)20-13-6-4-12(17)5-7-13/h4-11,20H,3H2,1-2H3,(H,19,21). The number of halogens is 1. The molecule has 21 heavy (non-hydrogen) atoms. The van der Waals surface area contributed by atoms with Crippen LogP contribution in [0.2, 0.25) is 5.02 Å². The molecule has 2 N–H and O–H groups in total. The maximum atomic E-state index is 11.9. The van der Waals surface area contributed by atoms with Crippen molar-refractivity contribution >= 4 is 28.9 Å². The Morgan fingerprint density at radius 3 is 2.43 bits per heavy atom. The molecule has 0 aliphatic carbocycles. The van der Waals surface area contributed by atoms with Crippen molar-refractivity contribution in [1.29, 1.82) is 0 Å². The van der Waals surface area contributed by atoms with Gasteiger partial charge in [-0.15, -0.1) is 0 Å². The van der Waals surface area contributed by atoms with Crippen LogP contribution >= 0.6 is 11.6 Å². The van der Waals surface area contributed by atoms with Crippen LogP contribution in [0, 0.1) is 0 Å². The molecule has 1 amide bonds. The van der Waals surface area contributed by atoms with Crippen molar-refractivity contribution in [2.75, 3.05) is 5.32 Å². The smallest absolute Gasteiger partial charge is 0.270 e. The van der Waals surface area contributed by atoms with Gasteiger partial charge < -0.3 is 10.6 Å². The SMILES string of the molecule is CCC(C)NC(=O)c1ccc(Nc2ccc(Cl)cc2)cn1. The Balaban J connectivity index is 2.01. The summed E-state index contributed by atoms with van der Waals surface area (Å²) in [5.74, 6) is -0.151. The van der Waals surface area contributed by atoms with Gasteiger partial charge in [0, 0.05) is 16.8 Å². The zero-order valence-corrected chi connectivity index (χ0v) is 12.8. The summed E-state index contributed by atoms with van der Waals surface area (Å²) in [6.45, 7) is 3.99. The molecule has 1 aromatic heterocycles. The van der Waals surface area contributed by atoms with Crippen LogP contribution in [0.5, 0.6) is 0 Å². The number of hydrogen-bond acceptors (Lipinski definition) is 3. The molecular weight excluding hydrogens is 286 g/mol. The Labute approximate surface area is 129 Å². The topological polar surface area (TPSA) is 54.0 Å². The van der Waals surface area contributed by atoms with Crippen molar-refractivity contribution in [3.63, 3.8) is 0 Å². The van der Waals surface area contributed by atoms with Gasteiger partial charge in [0.05, 0.1) is 11.9 Å². The normalized spacial score (nSPS) is 11.8. The highest BCUT2D eigenvalue weighted by Crippen LogP contribution is 2.18. The van der Waals surface area contributed by atoms with E-state index in [0.717, 1.165) is 17.8 Å². The van der Waals surface area contributed by atoms with E-state index in [9.17, 15) is 4.79 Å². The van der Waals surface area contributed by atoms with E-state index in [4.69, 9.17) is 11.6 Å². The Morgan fingerprint density at radius 1 is 1.19 bits per heavy atom. The van der Waals surface area contributed by atoms with E-state index in [1.54, 1.807) is 12.3 Å². The average molecular weight is 304 g/mol. The van der Waals surface area contributed by atoms with Crippen LogP contribution in [-0.2, 0) is 0 Å². The summed E-state index contributed by atoms with van der Waals surface area (Å²) in [6.07, 6.45) is 2.53. The van der Waals surface area contributed by atoms with Crippen LogP contribution in [0.25, 0.3) is 0 Å². The van der Waals surface area contributed by atoms with Crippen LogP contribution in [-0.4, -0.2) is 16.9 Å². The lowest BCUT2D eigenvalue weighted by Crippen LogP contribution is -2.32. The summed E-state index contributed by atoms with van der Waals surface area (Å²) in [7, 11) is 0. The fraction of sp³-hybridized carbons (Fsp3) is 0.250. The van der Waals surface area contributed by atoms with Crippen LogP contribution in [0.15, 0.2) is 42.6 Å². The zero-order valence-electron chi connectivity index (χ0n) is 12.1. The number of benzene rings is 1. The lowest BCUT2D eigenvalue weighted by atomic mass is 10.2. The van der Waals surface area contributed by atoms with Crippen molar-refractivity contribution in [3.8, 4) is 0 Å². The predicted octanol–water partition coefficient (Wildman–Crippen LogP) is 4.01. The van der Waals surface area contributed by atoms with Crippen LogP contribution in [0.3, 0.4) is 0 Å². The van der Waals surface area contributed by atoms with E-state index in [0.29, 0.717) is 10.7 Å². The third-order valence-electron chi connectivity index (χ3n) is 3.12. The summed E-state index contributed by atoms with van der Waals surface area (Å²) in [4.78, 5) is 16.1. The molecule has 1 heterocycles.